The highest BCUT2D eigenvalue weighted by Gasteiger charge is 2.18. The van der Waals surface area contributed by atoms with Gasteiger partial charge in [-0.1, -0.05) is 26.2 Å². The number of carbonyl (C=O) groups excluding carboxylic acids is 3. The van der Waals surface area contributed by atoms with Crippen molar-refractivity contribution < 1.29 is 19.1 Å². The van der Waals surface area contributed by atoms with Gasteiger partial charge in [0.05, 0.1) is 18.7 Å². The maximum absolute atomic E-state index is 11.8. The lowest BCUT2D eigenvalue weighted by molar-refractivity contribution is -0.118. The van der Waals surface area contributed by atoms with E-state index in [2.05, 4.69) is 16.0 Å². The molecule has 142 valence electrons. The molecule has 1 aliphatic carbocycles. The number of hydrogen-bond acceptors (Lipinski definition) is 5. The van der Waals surface area contributed by atoms with Crippen molar-refractivity contribution in [2.24, 2.45) is 0 Å². The molecule has 2 rings (SSSR count). The number of imide groups is 1. The van der Waals surface area contributed by atoms with Gasteiger partial charge in [0.2, 0.25) is 5.91 Å². The molecule has 0 aromatic heterocycles. The quantitative estimate of drug-likeness (QED) is 0.489. The van der Waals surface area contributed by atoms with Crippen LogP contribution < -0.4 is 16.0 Å². The molecule has 1 aliphatic rings. The van der Waals surface area contributed by atoms with Crippen LogP contribution in [0.2, 0.25) is 0 Å². The molecule has 0 unspecified atom stereocenters. The predicted molar refractivity (Wildman–Crippen MR) is 99.1 cm³/mol. The highest BCUT2D eigenvalue weighted by Crippen LogP contribution is 2.17. The van der Waals surface area contributed by atoms with Gasteiger partial charge < -0.3 is 15.4 Å². The second kappa shape index (κ2) is 10.4. The van der Waals surface area contributed by atoms with E-state index in [-0.39, 0.29) is 18.6 Å². The molecule has 0 radical (unpaired) electrons. The van der Waals surface area contributed by atoms with Crippen molar-refractivity contribution in [3.05, 3.63) is 29.8 Å². The van der Waals surface area contributed by atoms with Crippen LogP contribution in [0.5, 0.6) is 0 Å². The van der Waals surface area contributed by atoms with Crippen LogP contribution in [0, 0.1) is 0 Å². The van der Waals surface area contributed by atoms with E-state index in [4.69, 9.17) is 4.74 Å². The molecule has 1 fully saturated rings. The highest BCUT2D eigenvalue weighted by molar-refractivity contribution is 5.96. The zero-order valence-corrected chi connectivity index (χ0v) is 15.2. The summed E-state index contributed by atoms with van der Waals surface area (Å²) in [5.41, 5.74) is 1.15. The Labute approximate surface area is 153 Å². The summed E-state index contributed by atoms with van der Waals surface area (Å²) in [6, 6.07) is 6.39. The lowest BCUT2D eigenvalue weighted by Gasteiger charge is -2.12. The normalized spacial score (nSPS) is 13.9. The van der Waals surface area contributed by atoms with Gasteiger partial charge in [0, 0.05) is 11.7 Å². The highest BCUT2D eigenvalue weighted by atomic mass is 16.5. The first-order chi connectivity index (χ1) is 12.6. The minimum atomic E-state index is -0.450. The second-order valence-corrected chi connectivity index (χ2v) is 6.42. The minimum absolute atomic E-state index is 0.0294. The topological polar surface area (TPSA) is 96.5 Å². The van der Waals surface area contributed by atoms with E-state index in [1.165, 1.54) is 0 Å². The zero-order valence-electron chi connectivity index (χ0n) is 15.2. The van der Waals surface area contributed by atoms with Gasteiger partial charge >= 0.3 is 12.0 Å². The molecule has 0 atom stereocenters. The standard InChI is InChI=1S/C19H27N3O4/c1-2-3-12-26-18(24)14-8-10-15(11-9-14)20-13-17(23)22-19(25)21-16-6-4-5-7-16/h8-11,16,20H,2-7,12-13H2,1H3,(H2,21,22,23,25). The fraction of sp³-hybridized carbons (Fsp3) is 0.526. The lowest BCUT2D eigenvalue weighted by atomic mass is 10.2. The van der Waals surface area contributed by atoms with E-state index < -0.39 is 11.9 Å². The Morgan fingerprint density at radius 2 is 1.81 bits per heavy atom. The van der Waals surface area contributed by atoms with Crippen molar-refractivity contribution >= 4 is 23.6 Å². The SMILES string of the molecule is CCCCOC(=O)c1ccc(NCC(=O)NC(=O)NC2CCCC2)cc1. The minimum Gasteiger partial charge on any atom is -0.462 e. The van der Waals surface area contributed by atoms with E-state index in [0.29, 0.717) is 17.9 Å². The number of anilines is 1. The molecule has 0 aliphatic heterocycles. The molecule has 1 aromatic rings. The fourth-order valence-corrected chi connectivity index (χ4v) is 2.76. The van der Waals surface area contributed by atoms with Gasteiger partial charge in [-0.2, -0.15) is 0 Å². The molecule has 7 heteroatoms. The van der Waals surface area contributed by atoms with Crippen LogP contribution >= 0.6 is 0 Å². The van der Waals surface area contributed by atoms with Gasteiger partial charge in [-0.05, 0) is 43.5 Å². The van der Waals surface area contributed by atoms with Gasteiger partial charge in [0.15, 0.2) is 0 Å². The molecule has 7 nitrogen and oxygen atoms in total. The summed E-state index contributed by atoms with van der Waals surface area (Å²) in [5.74, 6) is -0.769. The van der Waals surface area contributed by atoms with Crippen LogP contribution in [0.1, 0.15) is 55.8 Å². The van der Waals surface area contributed by atoms with Gasteiger partial charge in [-0.15, -0.1) is 0 Å². The van der Waals surface area contributed by atoms with E-state index >= 15 is 0 Å². The molecular weight excluding hydrogens is 334 g/mol. The maximum atomic E-state index is 11.8. The number of amides is 3. The molecule has 3 N–H and O–H groups in total. The van der Waals surface area contributed by atoms with Crippen molar-refractivity contribution in [3.8, 4) is 0 Å². The van der Waals surface area contributed by atoms with Crippen molar-refractivity contribution in [2.75, 3.05) is 18.5 Å². The second-order valence-electron chi connectivity index (χ2n) is 6.42. The first kappa shape index (κ1) is 19.8. The first-order valence-electron chi connectivity index (χ1n) is 9.20. The number of esters is 1. The Kier molecular flexibility index (Phi) is 7.92. The summed E-state index contributed by atoms with van der Waals surface area (Å²) in [6.07, 6.45) is 5.97. The molecular formula is C19H27N3O4. The molecule has 0 heterocycles. The number of hydrogen-bond donors (Lipinski definition) is 3. The molecule has 3 amide bonds. The third-order valence-corrected chi connectivity index (χ3v) is 4.25. The van der Waals surface area contributed by atoms with Crippen LogP contribution in [0.3, 0.4) is 0 Å². The zero-order chi connectivity index (χ0) is 18.8. The van der Waals surface area contributed by atoms with Crippen molar-refractivity contribution in [1.29, 1.82) is 0 Å². The third kappa shape index (κ3) is 6.74. The number of urea groups is 1. The van der Waals surface area contributed by atoms with E-state index in [1.807, 2.05) is 6.92 Å². The number of nitrogens with one attached hydrogen (secondary N) is 3. The number of benzene rings is 1. The number of ether oxygens (including phenoxy) is 1. The van der Waals surface area contributed by atoms with Gasteiger partial charge in [0.25, 0.3) is 0 Å². The van der Waals surface area contributed by atoms with E-state index in [9.17, 15) is 14.4 Å². The summed E-state index contributed by atoms with van der Waals surface area (Å²) in [4.78, 5) is 35.3. The van der Waals surface area contributed by atoms with E-state index in [0.717, 1.165) is 38.5 Å². The van der Waals surface area contributed by atoms with Crippen LogP contribution in [0.15, 0.2) is 24.3 Å². The van der Waals surface area contributed by atoms with Gasteiger partial charge in [0.1, 0.15) is 0 Å². The Morgan fingerprint density at radius 3 is 2.46 bits per heavy atom. The average Bonchev–Trinajstić information content (AvgIpc) is 3.13. The van der Waals surface area contributed by atoms with Crippen LogP contribution in [0.4, 0.5) is 10.5 Å². The summed E-state index contributed by atoms with van der Waals surface area (Å²) < 4.78 is 5.14. The van der Waals surface area contributed by atoms with Crippen molar-refractivity contribution in [1.82, 2.24) is 10.6 Å². The molecule has 0 saturated heterocycles. The largest absolute Gasteiger partial charge is 0.462 e. The molecule has 0 spiro atoms. The van der Waals surface area contributed by atoms with Crippen molar-refractivity contribution in [3.63, 3.8) is 0 Å². The average molecular weight is 361 g/mol. The monoisotopic (exact) mass is 361 g/mol. The Morgan fingerprint density at radius 1 is 1.12 bits per heavy atom. The Hall–Kier alpha value is -2.57. The summed E-state index contributed by atoms with van der Waals surface area (Å²) in [7, 11) is 0. The van der Waals surface area contributed by atoms with Gasteiger partial charge in [-0.25, -0.2) is 9.59 Å². The Balaban J connectivity index is 1.70. The molecule has 1 saturated carbocycles. The number of unbranched alkanes of at least 4 members (excludes halogenated alkanes) is 1. The molecule has 0 bridgehead atoms. The lowest BCUT2D eigenvalue weighted by Crippen LogP contribution is -2.45. The number of carbonyl (C=O) groups is 3. The molecule has 1 aromatic carbocycles. The summed E-state index contributed by atoms with van der Waals surface area (Å²) >= 11 is 0. The summed E-state index contributed by atoms with van der Waals surface area (Å²) in [5, 5.41) is 8.03. The van der Waals surface area contributed by atoms with Crippen molar-refractivity contribution in [2.45, 2.75) is 51.5 Å². The third-order valence-electron chi connectivity index (χ3n) is 4.25. The summed E-state index contributed by atoms with van der Waals surface area (Å²) in [6.45, 7) is 2.42. The van der Waals surface area contributed by atoms with Crippen LogP contribution in [0.25, 0.3) is 0 Å². The first-order valence-corrected chi connectivity index (χ1v) is 9.20. The predicted octanol–water partition coefficient (Wildman–Crippen LogP) is 2.82. The Bertz CT molecular complexity index is 610. The van der Waals surface area contributed by atoms with E-state index in [1.54, 1.807) is 24.3 Å². The fourth-order valence-electron chi connectivity index (χ4n) is 2.76. The number of rotatable bonds is 8. The van der Waals surface area contributed by atoms with Crippen LogP contribution in [-0.2, 0) is 9.53 Å². The van der Waals surface area contributed by atoms with Crippen LogP contribution in [-0.4, -0.2) is 37.1 Å². The van der Waals surface area contributed by atoms with Gasteiger partial charge in [-0.3, -0.25) is 10.1 Å². The molecule has 26 heavy (non-hydrogen) atoms. The maximum Gasteiger partial charge on any atom is 0.338 e. The smallest absolute Gasteiger partial charge is 0.338 e.